The summed E-state index contributed by atoms with van der Waals surface area (Å²) >= 11 is 1.73. The minimum absolute atomic E-state index is 0.173. The predicted molar refractivity (Wildman–Crippen MR) is 77.4 cm³/mol. The summed E-state index contributed by atoms with van der Waals surface area (Å²) in [7, 11) is 0. The van der Waals surface area contributed by atoms with Crippen LogP contribution in [-0.2, 0) is 0 Å². The highest BCUT2D eigenvalue weighted by Crippen LogP contribution is 2.22. The van der Waals surface area contributed by atoms with Crippen molar-refractivity contribution in [2.24, 2.45) is 11.7 Å². The molecule has 0 bridgehead atoms. The molecule has 2 amide bonds. The molecule has 4 nitrogen and oxygen atoms in total. The van der Waals surface area contributed by atoms with Crippen molar-refractivity contribution in [3.63, 3.8) is 0 Å². The number of benzene rings is 1. The van der Waals surface area contributed by atoms with Crippen LogP contribution < -0.4 is 5.73 Å². The van der Waals surface area contributed by atoms with E-state index in [1.54, 1.807) is 36.0 Å². The second-order valence-corrected chi connectivity index (χ2v) is 5.87. The van der Waals surface area contributed by atoms with Crippen molar-refractivity contribution < 1.29 is 9.59 Å². The molecule has 1 atom stereocenters. The molecule has 1 unspecified atom stereocenters. The highest BCUT2D eigenvalue weighted by atomic mass is 32.2. The van der Waals surface area contributed by atoms with Gasteiger partial charge in [-0.1, -0.05) is 19.1 Å². The molecule has 1 aromatic rings. The van der Waals surface area contributed by atoms with Crippen LogP contribution in [0.5, 0.6) is 0 Å². The van der Waals surface area contributed by atoms with E-state index in [4.69, 9.17) is 5.73 Å². The summed E-state index contributed by atoms with van der Waals surface area (Å²) in [5.41, 5.74) is 6.59. The summed E-state index contributed by atoms with van der Waals surface area (Å²) in [4.78, 5) is 25.5. The van der Waals surface area contributed by atoms with Crippen molar-refractivity contribution in [1.29, 1.82) is 0 Å². The molecule has 2 N–H and O–H groups in total. The van der Waals surface area contributed by atoms with Crippen LogP contribution >= 0.6 is 11.8 Å². The lowest BCUT2D eigenvalue weighted by Crippen LogP contribution is -2.32. The van der Waals surface area contributed by atoms with Gasteiger partial charge in [-0.3, -0.25) is 14.5 Å². The number of rotatable bonds is 6. The lowest BCUT2D eigenvalue weighted by molar-refractivity contribution is 0.0664. The molecule has 0 fully saturated rings. The molecule has 1 aliphatic rings. The quantitative estimate of drug-likeness (QED) is 0.634. The molecular weight excluding hydrogens is 260 g/mol. The Balaban J connectivity index is 1.90. The van der Waals surface area contributed by atoms with E-state index in [1.165, 1.54) is 4.90 Å². The summed E-state index contributed by atoms with van der Waals surface area (Å²) in [6.07, 6.45) is 0. The zero-order valence-corrected chi connectivity index (χ0v) is 11.8. The van der Waals surface area contributed by atoms with Gasteiger partial charge in [0.05, 0.1) is 11.1 Å². The van der Waals surface area contributed by atoms with E-state index in [0.717, 1.165) is 11.5 Å². The molecule has 0 aromatic heterocycles. The van der Waals surface area contributed by atoms with Crippen molar-refractivity contribution >= 4 is 23.6 Å². The van der Waals surface area contributed by atoms with Crippen LogP contribution in [0.3, 0.4) is 0 Å². The number of thioether (sulfide) groups is 1. The summed E-state index contributed by atoms with van der Waals surface area (Å²) in [5.74, 6) is 1.84. The molecule has 0 saturated carbocycles. The lowest BCUT2D eigenvalue weighted by atomic mass is 10.1. The number of carbonyl (C=O) groups excluding carboxylic acids is 2. The van der Waals surface area contributed by atoms with Gasteiger partial charge in [0.15, 0.2) is 0 Å². The third-order valence-corrected chi connectivity index (χ3v) is 4.42. The van der Waals surface area contributed by atoms with E-state index < -0.39 is 0 Å². The molecule has 19 heavy (non-hydrogen) atoms. The minimum Gasteiger partial charge on any atom is -0.330 e. The summed E-state index contributed by atoms with van der Waals surface area (Å²) in [6.45, 7) is 3.23. The van der Waals surface area contributed by atoms with Crippen molar-refractivity contribution in [2.45, 2.75) is 6.92 Å². The molecule has 2 rings (SSSR count). The van der Waals surface area contributed by atoms with Gasteiger partial charge in [0.1, 0.15) is 0 Å². The van der Waals surface area contributed by atoms with E-state index in [0.29, 0.717) is 30.1 Å². The fourth-order valence-electron chi connectivity index (χ4n) is 1.95. The van der Waals surface area contributed by atoms with Gasteiger partial charge in [0.25, 0.3) is 11.8 Å². The maximum atomic E-state index is 12.1. The molecule has 1 aromatic carbocycles. The lowest BCUT2D eigenvalue weighted by Gasteiger charge is -2.14. The van der Waals surface area contributed by atoms with Crippen LogP contribution in [0, 0.1) is 5.92 Å². The van der Waals surface area contributed by atoms with Crippen LogP contribution in [-0.4, -0.2) is 41.3 Å². The Morgan fingerprint density at radius 1 is 1.21 bits per heavy atom. The number of imide groups is 1. The van der Waals surface area contributed by atoms with Crippen LogP contribution in [0.4, 0.5) is 0 Å². The zero-order valence-electron chi connectivity index (χ0n) is 11.0. The van der Waals surface area contributed by atoms with E-state index in [1.807, 2.05) is 0 Å². The molecule has 0 aliphatic carbocycles. The second kappa shape index (κ2) is 6.21. The third kappa shape index (κ3) is 2.98. The van der Waals surface area contributed by atoms with Crippen molar-refractivity contribution in [1.82, 2.24) is 4.90 Å². The Kier molecular flexibility index (Phi) is 4.61. The van der Waals surface area contributed by atoms with Gasteiger partial charge < -0.3 is 5.73 Å². The highest BCUT2D eigenvalue weighted by molar-refractivity contribution is 7.99. The topological polar surface area (TPSA) is 63.4 Å². The Labute approximate surface area is 117 Å². The van der Waals surface area contributed by atoms with Gasteiger partial charge in [-0.15, -0.1) is 0 Å². The highest BCUT2D eigenvalue weighted by Gasteiger charge is 2.34. The Morgan fingerprint density at radius 2 is 1.79 bits per heavy atom. The van der Waals surface area contributed by atoms with Gasteiger partial charge >= 0.3 is 0 Å². The van der Waals surface area contributed by atoms with Gasteiger partial charge in [-0.05, 0) is 30.3 Å². The first-order valence-corrected chi connectivity index (χ1v) is 7.53. The maximum Gasteiger partial charge on any atom is 0.261 e. The normalized spacial score (nSPS) is 15.8. The largest absolute Gasteiger partial charge is 0.330 e. The first-order valence-electron chi connectivity index (χ1n) is 6.38. The summed E-state index contributed by atoms with van der Waals surface area (Å²) in [5, 5.41) is 0. The average molecular weight is 278 g/mol. The zero-order chi connectivity index (χ0) is 13.8. The van der Waals surface area contributed by atoms with Gasteiger partial charge in [-0.25, -0.2) is 0 Å². The number of fused-ring (bicyclic) bond motifs is 1. The monoisotopic (exact) mass is 278 g/mol. The van der Waals surface area contributed by atoms with Crippen LogP contribution in [0.25, 0.3) is 0 Å². The molecule has 0 saturated heterocycles. The number of hydrogen-bond acceptors (Lipinski definition) is 4. The van der Waals surface area contributed by atoms with Crippen LogP contribution in [0.1, 0.15) is 27.6 Å². The third-order valence-electron chi connectivity index (χ3n) is 3.14. The molecule has 102 valence electrons. The Bertz CT molecular complexity index is 455. The van der Waals surface area contributed by atoms with Gasteiger partial charge in [0.2, 0.25) is 0 Å². The van der Waals surface area contributed by atoms with Gasteiger partial charge in [-0.2, -0.15) is 11.8 Å². The van der Waals surface area contributed by atoms with E-state index in [-0.39, 0.29) is 11.8 Å². The number of carbonyl (C=O) groups is 2. The minimum atomic E-state index is -0.173. The first-order chi connectivity index (χ1) is 9.15. The van der Waals surface area contributed by atoms with Crippen LogP contribution in [0.15, 0.2) is 24.3 Å². The van der Waals surface area contributed by atoms with Crippen molar-refractivity contribution in [2.75, 3.05) is 24.6 Å². The summed E-state index contributed by atoms with van der Waals surface area (Å²) < 4.78 is 0. The number of nitrogens with two attached hydrogens (primary N) is 1. The van der Waals surface area contributed by atoms with E-state index >= 15 is 0 Å². The van der Waals surface area contributed by atoms with E-state index in [9.17, 15) is 9.59 Å². The van der Waals surface area contributed by atoms with Crippen molar-refractivity contribution in [3.8, 4) is 0 Å². The summed E-state index contributed by atoms with van der Waals surface area (Å²) in [6, 6.07) is 6.98. The fraction of sp³-hybridized carbons (Fsp3) is 0.429. The first kappa shape index (κ1) is 14.1. The average Bonchev–Trinajstić information content (AvgIpc) is 2.68. The van der Waals surface area contributed by atoms with Crippen LogP contribution in [0.2, 0.25) is 0 Å². The second-order valence-electron chi connectivity index (χ2n) is 4.72. The predicted octanol–water partition coefficient (Wildman–Crippen LogP) is 1.61. The molecular formula is C14H18N2O2S. The van der Waals surface area contributed by atoms with E-state index in [2.05, 4.69) is 6.92 Å². The molecule has 0 spiro atoms. The fourth-order valence-corrected chi connectivity index (χ4v) is 2.97. The number of nitrogens with zero attached hydrogens (tertiary/aromatic N) is 1. The number of amides is 2. The maximum absolute atomic E-state index is 12.1. The standard InChI is InChI=1S/C14H18N2O2S/c1-10(8-15)9-19-7-6-16-13(17)11-4-2-3-5-12(11)14(16)18/h2-5,10H,6-9,15H2,1H3. The smallest absolute Gasteiger partial charge is 0.261 e. The molecule has 0 radical (unpaired) electrons. The molecule has 5 heteroatoms. The Hall–Kier alpha value is -1.33. The molecule has 1 heterocycles. The Morgan fingerprint density at radius 3 is 2.32 bits per heavy atom. The SMILES string of the molecule is CC(CN)CSCCN1C(=O)c2ccccc2C1=O. The van der Waals surface area contributed by atoms with Crippen molar-refractivity contribution in [3.05, 3.63) is 35.4 Å². The number of hydrogen-bond donors (Lipinski definition) is 1. The molecule has 1 aliphatic heterocycles. The van der Waals surface area contributed by atoms with Gasteiger partial charge in [0, 0.05) is 12.3 Å².